The Morgan fingerprint density at radius 2 is 1.80 bits per heavy atom. The van der Waals surface area contributed by atoms with Crippen LogP contribution in [0.1, 0.15) is 26.3 Å². The number of rotatable bonds is 7. The van der Waals surface area contributed by atoms with Gasteiger partial charge in [0.25, 0.3) is 0 Å². The van der Waals surface area contributed by atoms with Crippen LogP contribution in [0.2, 0.25) is 0 Å². The molecule has 25 heavy (non-hydrogen) atoms. The van der Waals surface area contributed by atoms with E-state index < -0.39 is 0 Å². The molecule has 7 nitrogen and oxygen atoms in total. The fourth-order valence-corrected chi connectivity index (χ4v) is 2.21. The SMILES string of the molecule is CN=C(NCCc1ccc(OC)c(OC)c1)NCC(=O)NC(C)(C)C. The number of ether oxygens (including phenoxy) is 2. The lowest BCUT2D eigenvalue weighted by Gasteiger charge is -2.21. The summed E-state index contributed by atoms with van der Waals surface area (Å²) < 4.78 is 10.5. The Labute approximate surface area is 150 Å². The molecule has 0 spiro atoms. The summed E-state index contributed by atoms with van der Waals surface area (Å²) in [5, 5.41) is 9.08. The lowest BCUT2D eigenvalue weighted by molar-refractivity contribution is -0.121. The number of guanidine groups is 1. The Hall–Kier alpha value is -2.44. The first-order valence-corrected chi connectivity index (χ1v) is 8.25. The lowest BCUT2D eigenvalue weighted by atomic mass is 10.1. The van der Waals surface area contributed by atoms with Gasteiger partial charge in [-0.15, -0.1) is 0 Å². The first-order chi connectivity index (χ1) is 11.8. The van der Waals surface area contributed by atoms with Crippen LogP contribution in [0, 0.1) is 0 Å². The number of benzene rings is 1. The smallest absolute Gasteiger partial charge is 0.239 e. The van der Waals surface area contributed by atoms with Gasteiger partial charge in [0.1, 0.15) is 0 Å². The maximum Gasteiger partial charge on any atom is 0.239 e. The molecule has 0 saturated heterocycles. The highest BCUT2D eigenvalue weighted by Crippen LogP contribution is 2.27. The van der Waals surface area contributed by atoms with Gasteiger partial charge in [-0.3, -0.25) is 9.79 Å². The third-order valence-electron chi connectivity index (χ3n) is 3.31. The minimum Gasteiger partial charge on any atom is -0.493 e. The number of carbonyl (C=O) groups is 1. The van der Waals surface area contributed by atoms with Crippen LogP contribution >= 0.6 is 0 Å². The second-order valence-corrected chi connectivity index (χ2v) is 6.59. The van der Waals surface area contributed by atoms with E-state index >= 15 is 0 Å². The van der Waals surface area contributed by atoms with E-state index in [-0.39, 0.29) is 18.0 Å². The van der Waals surface area contributed by atoms with Gasteiger partial charge in [0, 0.05) is 19.1 Å². The number of methoxy groups -OCH3 is 2. The summed E-state index contributed by atoms with van der Waals surface area (Å²) in [4.78, 5) is 15.9. The number of aliphatic imine (C=N–C) groups is 1. The first kappa shape index (κ1) is 20.6. The van der Waals surface area contributed by atoms with Gasteiger partial charge >= 0.3 is 0 Å². The molecular formula is C18H30N4O3. The van der Waals surface area contributed by atoms with Gasteiger partial charge in [0.2, 0.25) is 5.91 Å². The number of carbonyl (C=O) groups excluding carboxylic acids is 1. The fourth-order valence-electron chi connectivity index (χ4n) is 2.21. The van der Waals surface area contributed by atoms with Crippen LogP contribution in [0.4, 0.5) is 0 Å². The average Bonchev–Trinajstić information content (AvgIpc) is 2.56. The van der Waals surface area contributed by atoms with Crippen molar-refractivity contribution in [1.82, 2.24) is 16.0 Å². The summed E-state index contributed by atoms with van der Waals surface area (Å²) in [6.45, 7) is 6.69. The Balaban J connectivity index is 2.44. The Morgan fingerprint density at radius 1 is 1.12 bits per heavy atom. The second-order valence-electron chi connectivity index (χ2n) is 6.59. The van der Waals surface area contributed by atoms with Crippen molar-refractivity contribution in [2.24, 2.45) is 4.99 Å². The molecular weight excluding hydrogens is 320 g/mol. The molecule has 0 heterocycles. The van der Waals surface area contributed by atoms with E-state index in [1.54, 1.807) is 21.3 Å². The van der Waals surface area contributed by atoms with E-state index in [0.717, 1.165) is 12.0 Å². The van der Waals surface area contributed by atoms with Crippen LogP contribution < -0.4 is 25.4 Å². The predicted molar refractivity (Wildman–Crippen MR) is 101 cm³/mol. The van der Waals surface area contributed by atoms with E-state index in [4.69, 9.17) is 9.47 Å². The van der Waals surface area contributed by atoms with Crippen molar-refractivity contribution in [3.8, 4) is 11.5 Å². The number of nitrogens with zero attached hydrogens (tertiary/aromatic N) is 1. The molecule has 1 amide bonds. The van der Waals surface area contributed by atoms with Crippen LogP contribution in [-0.2, 0) is 11.2 Å². The lowest BCUT2D eigenvalue weighted by Crippen LogP contribution is -2.48. The molecule has 1 rings (SSSR count). The molecule has 0 aliphatic carbocycles. The van der Waals surface area contributed by atoms with Crippen molar-refractivity contribution in [1.29, 1.82) is 0 Å². The van der Waals surface area contributed by atoms with Crippen LogP contribution in [-0.4, -0.2) is 51.8 Å². The van der Waals surface area contributed by atoms with Crippen LogP contribution in [0.5, 0.6) is 11.5 Å². The Bertz CT molecular complexity index is 594. The van der Waals surface area contributed by atoms with Gasteiger partial charge in [0.15, 0.2) is 17.5 Å². The molecule has 1 aromatic carbocycles. The summed E-state index contributed by atoms with van der Waals surface area (Å²) >= 11 is 0. The fraction of sp³-hybridized carbons (Fsp3) is 0.556. The maximum atomic E-state index is 11.8. The first-order valence-electron chi connectivity index (χ1n) is 8.25. The van der Waals surface area contributed by atoms with Crippen LogP contribution in [0.3, 0.4) is 0 Å². The Morgan fingerprint density at radius 3 is 2.36 bits per heavy atom. The molecule has 0 bridgehead atoms. The average molecular weight is 350 g/mol. The zero-order valence-corrected chi connectivity index (χ0v) is 16.0. The standard InChI is InChI=1S/C18H30N4O3/c1-18(2,3)22-16(23)12-21-17(19-4)20-10-9-13-7-8-14(24-5)15(11-13)25-6/h7-8,11H,9-10,12H2,1-6H3,(H,22,23)(H2,19,20,21). The summed E-state index contributed by atoms with van der Waals surface area (Å²) in [6.07, 6.45) is 0.787. The molecule has 0 aliphatic heterocycles. The van der Waals surface area contributed by atoms with Gasteiger partial charge in [-0.2, -0.15) is 0 Å². The predicted octanol–water partition coefficient (Wildman–Crippen LogP) is 1.33. The summed E-state index contributed by atoms with van der Waals surface area (Å²) in [5.41, 5.74) is 0.870. The van der Waals surface area contributed by atoms with E-state index in [0.29, 0.717) is 24.0 Å². The number of nitrogens with one attached hydrogen (secondary N) is 3. The molecule has 0 radical (unpaired) electrons. The molecule has 7 heteroatoms. The molecule has 140 valence electrons. The van der Waals surface area contributed by atoms with Gasteiger partial charge < -0.3 is 25.4 Å². The highest BCUT2D eigenvalue weighted by atomic mass is 16.5. The molecule has 1 aromatic rings. The second kappa shape index (κ2) is 9.76. The van der Waals surface area contributed by atoms with Crippen molar-refractivity contribution in [2.45, 2.75) is 32.7 Å². The number of hydrogen-bond donors (Lipinski definition) is 3. The van der Waals surface area contributed by atoms with Crippen molar-refractivity contribution >= 4 is 11.9 Å². The minimum atomic E-state index is -0.247. The molecule has 0 unspecified atom stereocenters. The molecule has 0 aromatic heterocycles. The zero-order valence-electron chi connectivity index (χ0n) is 16.0. The van der Waals surface area contributed by atoms with E-state index in [1.165, 1.54) is 0 Å². The normalized spacial score (nSPS) is 11.7. The van der Waals surface area contributed by atoms with Crippen molar-refractivity contribution in [3.63, 3.8) is 0 Å². The van der Waals surface area contributed by atoms with Crippen molar-refractivity contribution < 1.29 is 14.3 Å². The largest absolute Gasteiger partial charge is 0.493 e. The van der Waals surface area contributed by atoms with Gasteiger partial charge in [-0.05, 0) is 44.9 Å². The molecule has 0 fully saturated rings. The summed E-state index contributed by atoms with van der Waals surface area (Å²) in [7, 11) is 4.91. The quantitative estimate of drug-likeness (QED) is 0.510. The van der Waals surface area contributed by atoms with Gasteiger partial charge in [-0.25, -0.2) is 0 Å². The summed E-state index contributed by atoms with van der Waals surface area (Å²) in [5.74, 6) is 1.93. The summed E-state index contributed by atoms with van der Waals surface area (Å²) in [6, 6.07) is 5.83. The molecule has 0 aliphatic rings. The molecule has 0 atom stereocenters. The molecule has 3 N–H and O–H groups in total. The van der Waals surface area contributed by atoms with Gasteiger partial charge in [0.05, 0.1) is 20.8 Å². The number of amides is 1. The third-order valence-corrected chi connectivity index (χ3v) is 3.31. The third kappa shape index (κ3) is 7.78. The Kier molecular flexibility index (Phi) is 8.04. The zero-order chi connectivity index (χ0) is 18.9. The highest BCUT2D eigenvalue weighted by Gasteiger charge is 2.13. The molecule has 0 saturated carbocycles. The van der Waals surface area contributed by atoms with E-state index in [2.05, 4.69) is 20.9 Å². The van der Waals surface area contributed by atoms with Gasteiger partial charge in [-0.1, -0.05) is 6.07 Å². The number of hydrogen-bond acceptors (Lipinski definition) is 4. The van der Waals surface area contributed by atoms with Crippen molar-refractivity contribution in [2.75, 3.05) is 34.4 Å². The van der Waals surface area contributed by atoms with E-state index in [1.807, 2.05) is 39.0 Å². The van der Waals surface area contributed by atoms with Crippen LogP contribution in [0.25, 0.3) is 0 Å². The van der Waals surface area contributed by atoms with Crippen LogP contribution in [0.15, 0.2) is 23.2 Å². The van der Waals surface area contributed by atoms with Crippen molar-refractivity contribution in [3.05, 3.63) is 23.8 Å². The van der Waals surface area contributed by atoms with E-state index in [9.17, 15) is 4.79 Å². The maximum absolute atomic E-state index is 11.8. The highest BCUT2D eigenvalue weighted by molar-refractivity contribution is 5.86. The minimum absolute atomic E-state index is 0.0738. The topological polar surface area (TPSA) is 84.0 Å². The monoisotopic (exact) mass is 350 g/mol.